The Labute approximate surface area is 154 Å². The molecule has 3 aromatic rings. The fourth-order valence-corrected chi connectivity index (χ4v) is 3.45. The molecule has 0 aromatic heterocycles. The lowest BCUT2D eigenvalue weighted by molar-refractivity contribution is 0.104. The van der Waals surface area contributed by atoms with Crippen molar-refractivity contribution in [1.29, 1.82) is 0 Å². The normalized spacial score (nSPS) is 13.4. The molecular weight excluding hydrogens is 376 g/mol. The van der Waals surface area contributed by atoms with Gasteiger partial charge in [0.2, 0.25) is 0 Å². The van der Waals surface area contributed by atoms with E-state index in [0.29, 0.717) is 12.2 Å². The van der Waals surface area contributed by atoms with E-state index < -0.39 is 0 Å². The monoisotopic (exact) mass is 390 g/mol. The number of benzene rings is 3. The van der Waals surface area contributed by atoms with Crippen molar-refractivity contribution in [2.75, 3.05) is 6.61 Å². The van der Waals surface area contributed by atoms with Gasteiger partial charge in [0, 0.05) is 15.6 Å². The summed E-state index contributed by atoms with van der Waals surface area (Å²) in [6.45, 7) is 0.463. The van der Waals surface area contributed by atoms with E-state index in [9.17, 15) is 4.79 Å². The van der Waals surface area contributed by atoms with Crippen molar-refractivity contribution in [3.05, 3.63) is 94.0 Å². The number of ether oxygens (including phenoxy) is 1. The second kappa shape index (κ2) is 6.69. The zero-order valence-electron chi connectivity index (χ0n) is 13.4. The maximum absolute atomic E-state index is 12.4. The molecule has 0 spiro atoms. The number of rotatable bonds is 3. The van der Waals surface area contributed by atoms with Crippen LogP contribution >= 0.6 is 15.9 Å². The number of hydrogen-bond acceptors (Lipinski definition) is 2. The molecule has 0 aliphatic carbocycles. The number of halogens is 1. The Morgan fingerprint density at radius 1 is 1.00 bits per heavy atom. The lowest BCUT2D eigenvalue weighted by Crippen LogP contribution is -2.06. The fraction of sp³-hybridized carbons (Fsp3) is 0.0455. The first-order valence-corrected chi connectivity index (χ1v) is 8.84. The summed E-state index contributed by atoms with van der Waals surface area (Å²) in [4.78, 5) is 12.4. The van der Waals surface area contributed by atoms with Gasteiger partial charge in [0.05, 0.1) is 0 Å². The molecule has 0 radical (unpaired) electrons. The molecule has 1 aliphatic rings. The van der Waals surface area contributed by atoms with E-state index >= 15 is 0 Å². The summed E-state index contributed by atoms with van der Waals surface area (Å²) in [5.74, 6) is 0.852. The number of allylic oxidation sites excluding steroid dienone is 1. The molecule has 0 saturated heterocycles. The second-order valence-corrected chi connectivity index (χ2v) is 6.74. The molecule has 0 saturated carbocycles. The van der Waals surface area contributed by atoms with Crippen LogP contribution in [0, 0.1) is 0 Å². The van der Waals surface area contributed by atoms with E-state index in [1.807, 2.05) is 48.5 Å². The minimum absolute atomic E-state index is 0.0305. The van der Waals surface area contributed by atoms with Gasteiger partial charge in [-0.1, -0.05) is 64.5 Å². The third-order valence-corrected chi connectivity index (χ3v) is 4.93. The van der Waals surface area contributed by atoms with E-state index in [1.54, 1.807) is 6.08 Å². The second-order valence-electron chi connectivity index (χ2n) is 5.88. The molecule has 122 valence electrons. The van der Waals surface area contributed by atoms with Crippen LogP contribution in [0.2, 0.25) is 0 Å². The number of fused-ring (bicyclic) bond motifs is 3. The SMILES string of the molecule is O=C(/C=C/C1=Cc2c(ccc3ccccc23)OC1)c1ccccc1Br. The van der Waals surface area contributed by atoms with Crippen LogP contribution in [0.5, 0.6) is 5.75 Å². The Hall–Kier alpha value is -2.65. The molecular formula is C22H15BrO2. The standard InChI is InChI=1S/C22H15BrO2/c23-20-8-4-3-7-18(20)21(24)11-9-15-13-19-17-6-2-1-5-16(17)10-12-22(19)25-14-15/h1-13H,14H2/b11-9+. The molecule has 3 heteroatoms. The highest BCUT2D eigenvalue weighted by atomic mass is 79.9. The number of carbonyl (C=O) groups is 1. The average molecular weight is 391 g/mol. The molecule has 2 nitrogen and oxygen atoms in total. The van der Waals surface area contributed by atoms with Gasteiger partial charge in [0.15, 0.2) is 5.78 Å². The van der Waals surface area contributed by atoms with Crippen LogP contribution in [-0.4, -0.2) is 12.4 Å². The Morgan fingerprint density at radius 2 is 1.80 bits per heavy atom. The van der Waals surface area contributed by atoms with Crippen molar-refractivity contribution >= 4 is 38.6 Å². The summed E-state index contributed by atoms with van der Waals surface area (Å²) in [6.07, 6.45) is 5.54. The Bertz CT molecular complexity index is 1030. The zero-order chi connectivity index (χ0) is 17.2. The largest absolute Gasteiger partial charge is 0.488 e. The van der Waals surface area contributed by atoms with Crippen LogP contribution in [-0.2, 0) is 0 Å². The molecule has 0 fully saturated rings. The summed E-state index contributed by atoms with van der Waals surface area (Å²) in [7, 11) is 0. The molecule has 0 bridgehead atoms. The fourth-order valence-electron chi connectivity index (χ4n) is 2.97. The quantitative estimate of drug-likeness (QED) is 0.416. The summed E-state index contributed by atoms with van der Waals surface area (Å²) >= 11 is 3.42. The van der Waals surface area contributed by atoms with Crippen LogP contribution in [0.1, 0.15) is 15.9 Å². The Morgan fingerprint density at radius 3 is 2.68 bits per heavy atom. The highest BCUT2D eigenvalue weighted by Gasteiger charge is 2.13. The van der Waals surface area contributed by atoms with Gasteiger partial charge in [-0.3, -0.25) is 4.79 Å². The average Bonchev–Trinajstić information content (AvgIpc) is 2.66. The molecule has 0 amide bonds. The Kier molecular flexibility index (Phi) is 4.24. The van der Waals surface area contributed by atoms with E-state index in [-0.39, 0.29) is 5.78 Å². The van der Waals surface area contributed by atoms with Crippen LogP contribution in [0.15, 0.2) is 82.9 Å². The van der Waals surface area contributed by atoms with E-state index in [0.717, 1.165) is 26.7 Å². The highest BCUT2D eigenvalue weighted by molar-refractivity contribution is 9.10. The lowest BCUT2D eigenvalue weighted by Gasteiger charge is -2.18. The van der Waals surface area contributed by atoms with Gasteiger partial charge in [-0.2, -0.15) is 0 Å². The van der Waals surface area contributed by atoms with Crippen molar-refractivity contribution in [3.8, 4) is 5.75 Å². The van der Waals surface area contributed by atoms with Gasteiger partial charge >= 0.3 is 0 Å². The van der Waals surface area contributed by atoms with Crippen LogP contribution in [0.4, 0.5) is 0 Å². The van der Waals surface area contributed by atoms with Crippen LogP contribution in [0.25, 0.3) is 16.8 Å². The first-order valence-electron chi connectivity index (χ1n) is 8.04. The van der Waals surface area contributed by atoms with Gasteiger partial charge in [-0.05, 0) is 46.7 Å². The van der Waals surface area contributed by atoms with Crippen molar-refractivity contribution in [3.63, 3.8) is 0 Å². The van der Waals surface area contributed by atoms with Gasteiger partial charge in [0.25, 0.3) is 0 Å². The van der Waals surface area contributed by atoms with Crippen molar-refractivity contribution in [1.82, 2.24) is 0 Å². The zero-order valence-corrected chi connectivity index (χ0v) is 15.0. The molecule has 0 unspecified atom stereocenters. The minimum atomic E-state index is -0.0305. The molecule has 1 heterocycles. The molecule has 4 rings (SSSR count). The number of hydrogen-bond donors (Lipinski definition) is 0. The third-order valence-electron chi connectivity index (χ3n) is 4.24. The smallest absolute Gasteiger partial charge is 0.186 e. The summed E-state index contributed by atoms with van der Waals surface area (Å²) in [5.41, 5.74) is 2.70. The topological polar surface area (TPSA) is 26.3 Å². The maximum atomic E-state index is 12.4. The third kappa shape index (κ3) is 3.15. The molecule has 3 aromatic carbocycles. The predicted octanol–water partition coefficient (Wildman–Crippen LogP) is 5.82. The van der Waals surface area contributed by atoms with E-state index in [1.165, 1.54) is 5.39 Å². The molecule has 1 aliphatic heterocycles. The summed E-state index contributed by atoms with van der Waals surface area (Å²) < 4.78 is 6.67. The number of carbonyl (C=O) groups excluding carboxylic acids is 1. The van der Waals surface area contributed by atoms with Gasteiger partial charge in [-0.15, -0.1) is 0 Å². The van der Waals surface area contributed by atoms with Gasteiger partial charge in [0.1, 0.15) is 12.4 Å². The maximum Gasteiger partial charge on any atom is 0.186 e. The number of ketones is 1. The molecule has 0 N–H and O–H groups in total. The molecule has 0 atom stereocenters. The van der Waals surface area contributed by atoms with Crippen LogP contribution < -0.4 is 4.74 Å². The Balaban J connectivity index is 1.67. The first-order chi connectivity index (χ1) is 12.2. The van der Waals surface area contributed by atoms with Gasteiger partial charge in [-0.25, -0.2) is 0 Å². The molecule has 25 heavy (non-hydrogen) atoms. The summed E-state index contributed by atoms with van der Waals surface area (Å²) in [5, 5.41) is 2.33. The van der Waals surface area contributed by atoms with E-state index in [4.69, 9.17) is 4.74 Å². The predicted molar refractivity (Wildman–Crippen MR) is 105 cm³/mol. The highest BCUT2D eigenvalue weighted by Crippen LogP contribution is 2.33. The van der Waals surface area contributed by atoms with Crippen molar-refractivity contribution in [2.24, 2.45) is 0 Å². The van der Waals surface area contributed by atoms with Gasteiger partial charge < -0.3 is 4.74 Å². The minimum Gasteiger partial charge on any atom is -0.488 e. The van der Waals surface area contributed by atoms with Crippen molar-refractivity contribution in [2.45, 2.75) is 0 Å². The lowest BCUT2D eigenvalue weighted by atomic mass is 9.99. The summed E-state index contributed by atoms with van der Waals surface area (Å²) in [6, 6.07) is 19.7. The van der Waals surface area contributed by atoms with E-state index in [2.05, 4.69) is 40.2 Å². The van der Waals surface area contributed by atoms with Crippen molar-refractivity contribution < 1.29 is 9.53 Å². The first kappa shape index (κ1) is 15.9. The van der Waals surface area contributed by atoms with Crippen LogP contribution in [0.3, 0.4) is 0 Å².